The molecule has 0 aromatic carbocycles. The molecular weight excluding hydrogens is 152 g/mol. The van der Waals surface area contributed by atoms with Crippen LogP contribution in [0.5, 0.6) is 0 Å². The predicted molar refractivity (Wildman–Crippen MR) is 48.8 cm³/mol. The largest absolute Gasteiger partial charge is 0.356 e. The Labute approximate surface area is 73.2 Å². The van der Waals surface area contributed by atoms with Crippen LogP contribution in [0.15, 0.2) is 12.2 Å². The Balaban J connectivity index is 2.15. The highest BCUT2D eigenvalue weighted by atomic mass is 16.1. The second-order valence-corrected chi connectivity index (χ2v) is 3.11. The van der Waals surface area contributed by atoms with Gasteiger partial charge < -0.3 is 10.6 Å². The fraction of sp³-hybridized carbons (Fsp3) is 0.667. The van der Waals surface area contributed by atoms with Crippen LogP contribution in [0.3, 0.4) is 0 Å². The Morgan fingerprint density at radius 3 is 3.17 bits per heavy atom. The first kappa shape index (κ1) is 9.26. The Kier molecular flexibility index (Phi) is 3.80. The van der Waals surface area contributed by atoms with Crippen LogP contribution in [0, 0.1) is 5.92 Å². The number of hydrogen-bond acceptors (Lipinski definition) is 2. The zero-order chi connectivity index (χ0) is 8.81. The van der Waals surface area contributed by atoms with Gasteiger partial charge in [-0.25, -0.2) is 0 Å². The molecule has 1 unspecified atom stereocenters. The highest BCUT2D eigenvalue weighted by molar-refractivity contribution is 5.87. The lowest BCUT2D eigenvalue weighted by Gasteiger charge is -2.01. The lowest BCUT2D eigenvalue weighted by atomic mass is 10.1. The van der Waals surface area contributed by atoms with Gasteiger partial charge in [-0.1, -0.05) is 6.08 Å². The van der Waals surface area contributed by atoms with E-state index < -0.39 is 0 Å². The third-order valence-electron chi connectivity index (χ3n) is 2.15. The monoisotopic (exact) mass is 168 g/mol. The Hall–Kier alpha value is -0.830. The third-order valence-corrected chi connectivity index (χ3v) is 2.15. The summed E-state index contributed by atoms with van der Waals surface area (Å²) in [5.41, 5.74) is 0. The van der Waals surface area contributed by atoms with Gasteiger partial charge in [0.05, 0.1) is 0 Å². The molecular formula is C9H16N2O. The van der Waals surface area contributed by atoms with E-state index in [1.807, 2.05) is 6.08 Å². The first-order chi connectivity index (χ1) is 5.83. The van der Waals surface area contributed by atoms with Crippen LogP contribution in [0.4, 0.5) is 0 Å². The van der Waals surface area contributed by atoms with Crippen molar-refractivity contribution in [3.8, 4) is 0 Å². The predicted octanol–water partition coefficient (Wildman–Crippen LogP) is 0.288. The lowest BCUT2D eigenvalue weighted by Crippen LogP contribution is -2.14. The van der Waals surface area contributed by atoms with Gasteiger partial charge >= 0.3 is 0 Å². The molecule has 0 aliphatic carbocycles. The van der Waals surface area contributed by atoms with Crippen molar-refractivity contribution in [3.05, 3.63) is 12.2 Å². The average Bonchev–Trinajstić information content (AvgIpc) is 2.57. The number of rotatable bonds is 3. The number of hydrogen-bond donors (Lipinski definition) is 2. The fourth-order valence-electron chi connectivity index (χ4n) is 1.37. The number of carbonyl (C=O) groups excluding carboxylic acids is 1. The first-order valence-corrected chi connectivity index (χ1v) is 4.42. The summed E-state index contributed by atoms with van der Waals surface area (Å²) in [4.78, 5) is 10.8. The number of amides is 1. The molecule has 12 heavy (non-hydrogen) atoms. The van der Waals surface area contributed by atoms with Gasteiger partial charge in [0, 0.05) is 7.05 Å². The van der Waals surface area contributed by atoms with E-state index in [1.165, 1.54) is 6.42 Å². The smallest absolute Gasteiger partial charge is 0.243 e. The van der Waals surface area contributed by atoms with Gasteiger partial charge in [0.2, 0.25) is 5.91 Å². The van der Waals surface area contributed by atoms with Gasteiger partial charge in [-0.15, -0.1) is 0 Å². The van der Waals surface area contributed by atoms with Crippen molar-refractivity contribution < 1.29 is 4.79 Å². The molecule has 0 radical (unpaired) electrons. The van der Waals surface area contributed by atoms with Gasteiger partial charge in [0.15, 0.2) is 0 Å². The van der Waals surface area contributed by atoms with Gasteiger partial charge in [-0.2, -0.15) is 0 Å². The van der Waals surface area contributed by atoms with E-state index in [-0.39, 0.29) is 5.91 Å². The zero-order valence-electron chi connectivity index (χ0n) is 7.47. The molecule has 1 fully saturated rings. The second-order valence-electron chi connectivity index (χ2n) is 3.11. The molecule has 0 aromatic rings. The number of carbonyl (C=O) groups is 1. The van der Waals surface area contributed by atoms with Crippen LogP contribution >= 0.6 is 0 Å². The van der Waals surface area contributed by atoms with Crippen LogP contribution in [-0.2, 0) is 4.79 Å². The summed E-state index contributed by atoms with van der Waals surface area (Å²) in [6, 6.07) is 0. The summed E-state index contributed by atoms with van der Waals surface area (Å²) in [6.07, 6.45) is 5.81. The fourth-order valence-corrected chi connectivity index (χ4v) is 1.37. The molecule has 3 heteroatoms. The van der Waals surface area contributed by atoms with Crippen LogP contribution in [0.1, 0.15) is 12.8 Å². The average molecular weight is 168 g/mol. The molecule has 1 heterocycles. The molecule has 0 saturated carbocycles. The minimum Gasteiger partial charge on any atom is -0.356 e. The van der Waals surface area contributed by atoms with Crippen molar-refractivity contribution in [2.45, 2.75) is 12.8 Å². The van der Waals surface area contributed by atoms with E-state index in [0.29, 0.717) is 0 Å². The molecule has 0 bridgehead atoms. The summed E-state index contributed by atoms with van der Waals surface area (Å²) >= 11 is 0. The topological polar surface area (TPSA) is 41.1 Å². The van der Waals surface area contributed by atoms with Crippen molar-refractivity contribution >= 4 is 5.91 Å². The van der Waals surface area contributed by atoms with Crippen LogP contribution in [0.25, 0.3) is 0 Å². The molecule has 2 N–H and O–H groups in total. The van der Waals surface area contributed by atoms with Gasteiger partial charge in [-0.3, -0.25) is 4.79 Å². The number of nitrogens with one attached hydrogen (secondary N) is 2. The number of allylic oxidation sites excluding steroid dienone is 1. The van der Waals surface area contributed by atoms with Crippen molar-refractivity contribution in [3.63, 3.8) is 0 Å². The maximum Gasteiger partial charge on any atom is 0.243 e. The van der Waals surface area contributed by atoms with Crippen molar-refractivity contribution in [2.24, 2.45) is 5.92 Å². The van der Waals surface area contributed by atoms with Crippen LogP contribution in [0.2, 0.25) is 0 Å². The van der Waals surface area contributed by atoms with Gasteiger partial charge in [0.1, 0.15) is 0 Å². The normalized spacial score (nSPS) is 23.2. The molecule has 1 atom stereocenters. The third kappa shape index (κ3) is 3.05. The standard InChI is InChI=1S/C9H16N2O/c1-10-9(12)4-2-3-8-5-6-11-7-8/h2,4,8,11H,3,5-7H2,1H3,(H,10,12). The first-order valence-electron chi connectivity index (χ1n) is 4.42. The number of likely N-dealkylation sites (N-methyl/N-ethyl adjacent to an activating group) is 1. The summed E-state index contributed by atoms with van der Waals surface area (Å²) in [5.74, 6) is 0.715. The van der Waals surface area contributed by atoms with E-state index in [9.17, 15) is 4.79 Å². The maximum atomic E-state index is 10.8. The molecule has 1 aliphatic rings. The van der Waals surface area contributed by atoms with Gasteiger partial charge in [0.25, 0.3) is 0 Å². The Bertz CT molecular complexity index is 171. The van der Waals surface area contributed by atoms with E-state index in [2.05, 4.69) is 10.6 Å². The summed E-state index contributed by atoms with van der Waals surface area (Å²) in [7, 11) is 1.64. The molecule has 3 nitrogen and oxygen atoms in total. The van der Waals surface area contributed by atoms with Crippen molar-refractivity contribution in [1.82, 2.24) is 10.6 Å². The second kappa shape index (κ2) is 4.93. The maximum absolute atomic E-state index is 10.8. The molecule has 1 saturated heterocycles. The minimum atomic E-state index is -0.0130. The molecule has 68 valence electrons. The van der Waals surface area contributed by atoms with E-state index >= 15 is 0 Å². The van der Waals surface area contributed by atoms with E-state index in [1.54, 1.807) is 13.1 Å². The Morgan fingerprint density at radius 2 is 2.58 bits per heavy atom. The highest BCUT2D eigenvalue weighted by Gasteiger charge is 2.11. The molecule has 1 amide bonds. The quantitative estimate of drug-likeness (QED) is 0.595. The van der Waals surface area contributed by atoms with Crippen LogP contribution in [-0.4, -0.2) is 26.0 Å². The highest BCUT2D eigenvalue weighted by Crippen LogP contribution is 2.11. The van der Waals surface area contributed by atoms with Crippen LogP contribution < -0.4 is 10.6 Å². The summed E-state index contributed by atoms with van der Waals surface area (Å²) < 4.78 is 0. The SMILES string of the molecule is CNC(=O)C=CCC1CCNC1. The summed E-state index contributed by atoms with van der Waals surface area (Å²) in [5, 5.41) is 5.84. The lowest BCUT2D eigenvalue weighted by molar-refractivity contribution is -0.116. The summed E-state index contributed by atoms with van der Waals surface area (Å²) in [6.45, 7) is 2.22. The minimum absolute atomic E-state index is 0.0130. The molecule has 1 aliphatic heterocycles. The zero-order valence-corrected chi connectivity index (χ0v) is 7.47. The van der Waals surface area contributed by atoms with Gasteiger partial charge in [-0.05, 0) is 37.9 Å². The van der Waals surface area contributed by atoms with Crippen molar-refractivity contribution in [2.75, 3.05) is 20.1 Å². The Morgan fingerprint density at radius 1 is 1.75 bits per heavy atom. The molecule has 1 rings (SSSR count). The van der Waals surface area contributed by atoms with E-state index in [4.69, 9.17) is 0 Å². The molecule has 0 aromatic heterocycles. The van der Waals surface area contributed by atoms with Crippen molar-refractivity contribution in [1.29, 1.82) is 0 Å². The van der Waals surface area contributed by atoms with E-state index in [0.717, 1.165) is 25.4 Å². The molecule has 0 spiro atoms.